The highest BCUT2D eigenvalue weighted by molar-refractivity contribution is 5.92. The predicted molar refractivity (Wildman–Crippen MR) is 135 cm³/mol. The van der Waals surface area contributed by atoms with E-state index in [1.165, 1.54) is 0 Å². The maximum absolute atomic E-state index is 13.2. The molecule has 1 fully saturated rings. The number of hydrogen-bond acceptors (Lipinski definition) is 3. The molecule has 0 aliphatic carbocycles. The lowest BCUT2D eigenvalue weighted by molar-refractivity contribution is -0.141. The van der Waals surface area contributed by atoms with Crippen molar-refractivity contribution in [1.29, 1.82) is 0 Å². The van der Waals surface area contributed by atoms with Crippen LogP contribution in [0.1, 0.15) is 36.4 Å². The van der Waals surface area contributed by atoms with Crippen LogP contribution in [-0.2, 0) is 15.0 Å². The molecule has 34 heavy (non-hydrogen) atoms. The Labute approximate surface area is 201 Å². The molecular formula is C28H32N4O2. The lowest BCUT2D eigenvalue weighted by Gasteiger charge is -2.38. The third kappa shape index (κ3) is 4.67. The van der Waals surface area contributed by atoms with E-state index in [0.29, 0.717) is 26.2 Å². The standard InChI is InChI=1S/C28H32N4O2/c1-21-25(22(2)32(29-21)24-13-9-6-10-14-24)15-16-26(33)30-17-19-31(20-18-30)27(34)28(3,4)23-11-7-5-8-12-23/h5-16H,17-20H2,1-4H3/b16-15+. The summed E-state index contributed by atoms with van der Waals surface area (Å²) in [6, 6.07) is 19.8. The van der Waals surface area contributed by atoms with Gasteiger partial charge in [-0.15, -0.1) is 0 Å². The third-order valence-electron chi connectivity index (χ3n) is 6.65. The number of carbonyl (C=O) groups is 2. The van der Waals surface area contributed by atoms with Gasteiger partial charge in [-0.2, -0.15) is 5.10 Å². The summed E-state index contributed by atoms with van der Waals surface area (Å²) in [5.74, 6) is 0.0570. The van der Waals surface area contributed by atoms with Gasteiger partial charge in [0, 0.05) is 43.5 Å². The van der Waals surface area contributed by atoms with E-state index in [1.54, 1.807) is 6.08 Å². The van der Waals surface area contributed by atoms with Crippen LogP contribution >= 0.6 is 0 Å². The first-order chi connectivity index (χ1) is 16.3. The van der Waals surface area contributed by atoms with Crippen molar-refractivity contribution in [3.8, 4) is 5.69 Å². The van der Waals surface area contributed by atoms with Crippen LogP contribution in [0.25, 0.3) is 11.8 Å². The molecule has 2 amide bonds. The molecule has 6 nitrogen and oxygen atoms in total. The van der Waals surface area contributed by atoms with Gasteiger partial charge in [-0.1, -0.05) is 48.5 Å². The highest BCUT2D eigenvalue weighted by Crippen LogP contribution is 2.26. The fourth-order valence-electron chi connectivity index (χ4n) is 4.48. The summed E-state index contributed by atoms with van der Waals surface area (Å²) in [7, 11) is 0. The molecule has 1 saturated heterocycles. The Hall–Kier alpha value is -3.67. The first kappa shape index (κ1) is 23.5. The fourth-order valence-corrected chi connectivity index (χ4v) is 4.48. The van der Waals surface area contributed by atoms with Crippen molar-refractivity contribution in [2.75, 3.05) is 26.2 Å². The lowest BCUT2D eigenvalue weighted by Crippen LogP contribution is -2.54. The number of aryl methyl sites for hydroxylation is 1. The molecule has 0 bridgehead atoms. The first-order valence-electron chi connectivity index (χ1n) is 11.7. The Balaban J connectivity index is 1.39. The van der Waals surface area contributed by atoms with Crippen LogP contribution in [-0.4, -0.2) is 57.6 Å². The molecule has 0 N–H and O–H groups in total. The Bertz CT molecular complexity index is 1190. The average Bonchev–Trinajstić information content (AvgIpc) is 3.16. The van der Waals surface area contributed by atoms with Crippen molar-refractivity contribution in [3.63, 3.8) is 0 Å². The summed E-state index contributed by atoms with van der Waals surface area (Å²) < 4.78 is 1.90. The van der Waals surface area contributed by atoms with E-state index in [4.69, 9.17) is 0 Å². The molecule has 1 aliphatic rings. The van der Waals surface area contributed by atoms with E-state index in [1.807, 2.05) is 109 Å². The Morgan fingerprint density at radius 2 is 1.41 bits per heavy atom. The molecule has 1 aromatic heterocycles. The van der Waals surface area contributed by atoms with Crippen LogP contribution in [0, 0.1) is 13.8 Å². The second kappa shape index (κ2) is 9.67. The van der Waals surface area contributed by atoms with E-state index in [0.717, 1.165) is 28.2 Å². The molecule has 6 heteroatoms. The van der Waals surface area contributed by atoms with Crippen LogP contribution in [0.4, 0.5) is 0 Å². The third-order valence-corrected chi connectivity index (χ3v) is 6.65. The number of hydrogen-bond donors (Lipinski definition) is 0. The molecule has 176 valence electrons. The monoisotopic (exact) mass is 456 g/mol. The van der Waals surface area contributed by atoms with Gasteiger partial charge >= 0.3 is 0 Å². The molecule has 0 spiro atoms. The van der Waals surface area contributed by atoms with E-state index in [2.05, 4.69) is 5.10 Å². The summed E-state index contributed by atoms with van der Waals surface area (Å²) >= 11 is 0. The number of piperazine rings is 1. The van der Waals surface area contributed by atoms with Crippen LogP contribution in [0.3, 0.4) is 0 Å². The zero-order valence-electron chi connectivity index (χ0n) is 20.4. The SMILES string of the molecule is Cc1nn(-c2ccccc2)c(C)c1/C=C/C(=O)N1CCN(C(=O)C(C)(C)c2ccccc2)CC1. The maximum Gasteiger partial charge on any atom is 0.246 e. The number of nitrogens with zero attached hydrogens (tertiary/aromatic N) is 4. The molecule has 4 rings (SSSR count). The van der Waals surface area contributed by atoms with Crippen molar-refractivity contribution < 1.29 is 9.59 Å². The van der Waals surface area contributed by atoms with Gasteiger partial charge in [-0.25, -0.2) is 4.68 Å². The molecular weight excluding hydrogens is 424 g/mol. The lowest BCUT2D eigenvalue weighted by atomic mass is 9.83. The second-order valence-corrected chi connectivity index (χ2v) is 9.27. The minimum absolute atomic E-state index is 0.0410. The van der Waals surface area contributed by atoms with Gasteiger partial charge < -0.3 is 9.80 Å². The van der Waals surface area contributed by atoms with Crippen molar-refractivity contribution in [3.05, 3.63) is 89.3 Å². The summed E-state index contributed by atoms with van der Waals surface area (Å²) in [5.41, 5.74) is 4.23. The van der Waals surface area contributed by atoms with Crippen molar-refractivity contribution >= 4 is 17.9 Å². The topological polar surface area (TPSA) is 58.4 Å². The zero-order chi connectivity index (χ0) is 24.3. The number of carbonyl (C=O) groups excluding carboxylic acids is 2. The fraction of sp³-hybridized carbons (Fsp3) is 0.321. The molecule has 0 unspecified atom stereocenters. The second-order valence-electron chi connectivity index (χ2n) is 9.27. The molecule has 3 aromatic rings. The quantitative estimate of drug-likeness (QED) is 0.542. The average molecular weight is 457 g/mol. The molecule has 0 atom stereocenters. The summed E-state index contributed by atoms with van der Waals surface area (Å²) in [6.45, 7) is 10.0. The Kier molecular flexibility index (Phi) is 6.68. The highest BCUT2D eigenvalue weighted by Gasteiger charge is 2.35. The van der Waals surface area contributed by atoms with Crippen LogP contribution < -0.4 is 0 Å². The smallest absolute Gasteiger partial charge is 0.246 e. The van der Waals surface area contributed by atoms with Crippen molar-refractivity contribution in [2.24, 2.45) is 0 Å². The van der Waals surface area contributed by atoms with Gasteiger partial charge in [-0.3, -0.25) is 9.59 Å². The molecule has 2 heterocycles. The predicted octanol–water partition coefficient (Wildman–Crippen LogP) is 4.15. The minimum Gasteiger partial charge on any atom is -0.338 e. The van der Waals surface area contributed by atoms with Gasteiger partial charge in [-0.05, 0) is 51.5 Å². The van der Waals surface area contributed by atoms with Crippen molar-refractivity contribution in [2.45, 2.75) is 33.1 Å². The summed E-state index contributed by atoms with van der Waals surface area (Å²) in [5, 5.41) is 4.64. The molecule has 0 radical (unpaired) electrons. The number of aromatic nitrogens is 2. The van der Waals surface area contributed by atoms with E-state index in [-0.39, 0.29) is 11.8 Å². The Morgan fingerprint density at radius 3 is 2.03 bits per heavy atom. The van der Waals surface area contributed by atoms with E-state index < -0.39 is 5.41 Å². The highest BCUT2D eigenvalue weighted by atomic mass is 16.2. The van der Waals surface area contributed by atoms with Gasteiger partial charge in [0.05, 0.1) is 16.8 Å². The van der Waals surface area contributed by atoms with E-state index in [9.17, 15) is 9.59 Å². The molecule has 2 aromatic carbocycles. The zero-order valence-corrected chi connectivity index (χ0v) is 20.4. The maximum atomic E-state index is 13.2. The molecule has 1 aliphatic heterocycles. The number of amides is 2. The van der Waals surface area contributed by atoms with Crippen LogP contribution in [0.2, 0.25) is 0 Å². The summed E-state index contributed by atoms with van der Waals surface area (Å²) in [6.07, 6.45) is 3.48. The number of rotatable bonds is 5. The van der Waals surface area contributed by atoms with Gasteiger partial charge in [0.25, 0.3) is 0 Å². The summed E-state index contributed by atoms with van der Waals surface area (Å²) in [4.78, 5) is 29.8. The first-order valence-corrected chi connectivity index (χ1v) is 11.7. The van der Waals surface area contributed by atoms with Crippen molar-refractivity contribution in [1.82, 2.24) is 19.6 Å². The van der Waals surface area contributed by atoms with Crippen LogP contribution in [0.5, 0.6) is 0 Å². The molecule has 0 saturated carbocycles. The van der Waals surface area contributed by atoms with E-state index >= 15 is 0 Å². The van der Waals surface area contributed by atoms with Crippen LogP contribution in [0.15, 0.2) is 66.7 Å². The largest absolute Gasteiger partial charge is 0.338 e. The number of benzene rings is 2. The Morgan fingerprint density at radius 1 is 0.853 bits per heavy atom. The van der Waals surface area contributed by atoms with Gasteiger partial charge in [0.2, 0.25) is 11.8 Å². The normalized spacial score (nSPS) is 14.6. The van der Waals surface area contributed by atoms with Gasteiger partial charge in [0.1, 0.15) is 0 Å². The van der Waals surface area contributed by atoms with Gasteiger partial charge in [0.15, 0.2) is 0 Å². The number of para-hydroxylation sites is 1. The minimum atomic E-state index is -0.596.